The maximum Gasteiger partial charge on any atom is 0.269 e. The van der Waals surface area contributed by atoms with Crippen molar-refractivity contribution in [3.05, 3.63) is 82.9 Å². The van der Waals surface area contributed by atoms with Crippen molar-refractivity contribution >= 4 is 10.9 Å². The van der Waals surface area contributed by atoms with Crippen molar-refractivity contribution in [2.45, 2.75) is 26.4 Å². The molecule has 0 radical (unpaired) electrons. The fourth-order valence-corrected chi connectivity index (χ4v) is 3.36. The van der Waals surface area contributed by atoms with Crippen LogP contribution in [0.25, 0.3) is 16.6 Å². The first-order chi connectivity index (χ1) is 14.1. The summed E-state index contributed by atoms with van der Waals surface area (Å²) < 4.78 is 9.56. The van der Waals surface area contributed by atoms with Gasteiger partial charge < -0.3 is 15.0 Å². The molecule has 0 unspecified atom stereocenters. The Morgan fingerprint density at radius 3 is 2.62 bits per heavy atom. The topological polar surface area (TPSA) is 88.0 Å². The summed E-state index contributed by atoms with van der Waals surface area (Å²) >= 11 is 0. The Hall–Kier alpha value is -3.45. The predicted octanol–water partition coefficient (Wildman–Crippen LogP) is 2.99. The van der Waals surface area contributed by atoms with Crippen LogP contribution in [0, 0.1) is 6.92 Å². The molecule has 0 saturated heterocycles. The van der Waals surface area contributed by atoms with Crippen LogP contribution in [0.5, 0.6) is 5.75 Å². The van der Waals surface area contributed by atoms with Gasteiger partial charge in [-0.05, 0) is 38.1 Å². The molecule has 7 heteroatoms. The monoisotopic (exact) mass is 389 g/mol. The molecule has 4 rings (SSSR count). The summed E-state index contributed by atoms with van der Waals surface area (Å²) in [6, 6.07) is 14.4. The first-order valence-electron chi connectivity index (χ1n) is 9.53. The number of ether oxygens (including phenoxy) is 1. The Kier molecular flexibility index (Phi) is 5.14. The van der Waals surface area contributed by atoms with Crippen molar-refractivity contribution in [3.63, 3.8) is 0 Å². The smallest absolute Gasteiger partial charge is 0.269 e. The Morgan fingerprint density at radius 1 is 1.14 bits per heavy atom. The highest BCUT2D eigenvalue weighted by molar-refractivity contribution is 5.84. The van der Waals surface area contributed by atoms with E-state index in [4.69, 9.17) is 10.5 Å². The number of benzene rings is 2. The molecule has 2 heterocycles. The third-order valence-corrected chi connectivity index (χ3v) is 4.82. The molecule has 29 heavy (non-hydrogen) atoms. The molecular formula is C22H23N5O2. The van der Waals surface area contributed by atoms with Gasteiger partial charge in [0.15, 0.2) is 0 Å². The fourth-order valence-electron chi connectivity index (χ4n) is 3.36. The highest BCUT2D eigenvalue weighted by Gasteiger charge is 2.18. The number of hydrogen-bond donors (Lipinski definition) is 1. The summed E-state index contributed by atoms with van der Waals surface area (Å²) in [5.74, 6) is 1.94. The highest BCUT2D eigenvalue weighted by Crippen LogP contribution is 2.24. The molecule has 4 aromatic rings. The molecule has 0 bridgehead atoms. The summed E-state index contributed by atoms with van der Waals surface area (Å²) in [6.45, 7) is 4.81. The van der Waals surface area contributed by atoms with E-state index in [2.05, 4.69) is 9.97 Å². The molecule has 0 fully saturated rings. The van der Waals surface area contributed by atoms with Gasteiger partial charge in [0.05, 0.1) is 23.8 Å². The highest BCUT2D eigenvalue weighted by atomic mass is 16.5. The zero-order chi connectivity index (χ0) is 20.4. The van der Waals surface area contributed by atoms with E-state index in [-0.39, 0.29) is 5.56 Å². The molecule has 2 aromatic carbocycles. The summed E-state index contributed by atoms with van der Waals surface area (Å²) in [6.07, 6.45) is 3.66. The number of imidazole rings is 1. The lowest BCUT2D eigenvalue weighted by Crippen LogP contribution is -2.27. The van der Waals surface area contributed by atoms with Gasteiger partial charge in [-0.25, -0.2) is 9.97 Å². The minimum absolute atomic E-state index is 0.192. The maximum absolute atomic E-state index is 13.5. The van der Waals surface area contributed by atoms with Crippen LogP contribution >= 0.6 is 0 Å². The second-order valence-corrected chi connectivity index (χ2v) is 6.90. The van der Waals surface area contributed by atoms with Crippen LogP contribution < -0.4 is 16.0 Å². The molecule has 148 valence electrons. The van der Waals surface area contributed by atoms with Crippen molar-refractivity contribution in [2.24, 2.45) is 5.73 Å². The van der Waals surface area contributed by atoms with E-state index in [0.29, 0.717) is 35.6 Å². The Balaban J connectivity index is 1.79. The lowest BCUT2D eigenvalue weighted by Gasteiger charge is -2.17. The molecular weight excluding hydrogens is 366 g/mol. The van der Waals surface area contributed by atoms with Crippen LogP contribution in [0.15, 0.2) is 65.7 Å². The first kappa shape index (κ1) is 18.9. The quantitative estimate of drug-likeness (QED) is 0.548. The van der Waals surface area contributed by atoms with Gasteiger partial charge >= 0.3 is 0 Å². The van der Waals surface area contributed by atoms with Crippen LogP contribution in [-0.4, -0.2) is 25.7 Å². The van der Waals surface area contributed by atoms with E-state index in [1.807, 2.05) is 67.1 Å². The van der Waals surface area contributed by atoms with Gasteiger partial charge in [-0.3, -0.25) is 9.36 Å². The zero-order valence-electron chi connectivity index (χ0n) is 16.4. The third-order valence-electron chi connectivity index (χ3n) is 4.82. The van der Waals surface area contributed by atoms with Gasteiger partial charge in [0, 0.05) is 12.4 Å². The van der Waals surface area contributed by atoms with E-state index in [1.165, 1.54) is 0 Å². The molecule has 0 aliphatic carbocycles. The fraction of sp³-hybridized carbons (Fsp3) is 0.227. The number of fused-ring (bicyclic) bond motifs is 1. The SMILES string of the molecule is Cc1nccn1CCOc1cccc2nc([C@H](C)N)n(-c3ccccc3)c(=O)c12. The number of para-hydroxylation sites is 1. The molecule has 1 atom stereocenters. The Bertz CT molecular complexity index is 1200. The van der Waals surface area contributed by atoms with Crippen molar-refractivity contribution in [3.8, 4) is 11.4 Å². The normalized spacial score (nSPS) is 12.2. The van der Waals surface area contributed by atoms with Gasteiger partial charge in [-0.15, -0.1) is 0 Å². The maximum atomic E-state index is 13.5. The summed E-state index contributed by atoms with van der Waals surface area (Å²) in [7, 11) is 0. The molecule has 2 aromatic heterocycles. The van der Waals surface area contributed by atoms with Crippen molar-refractivity contribution in [2.75, 3.05) is 6.61 Å². The first-order valence-corrected chi connectivity index (χ1v) is 9.53. The summed E-state index contributed by atoms with van der Waals surface area (Å²) in [5.41, 5.74) is 7.24. The summed E-state index contributed by atoms with van der Waals surface area (Å²) in [4.78, 5) is 22.4. The molecule has 0 saturated carbocycles. The van der Waals surface area contributed by atoms with Crippen LogP contribution in [0.2, 0.25) is 0 Å². The lowest BCUT2D eigenvalue weighted by molar-refractivity contribution is 0.300. The van der Waals surface area contributed by atoms with Gasteiger partial charge in [-0.2, -0.15) is 0 Å². The number of rotatable bonds is 6. The van der Waals surface area contributed by atoms with Crippen LogP contribution in [0.4, 0.5) is 0 Å². The van der Waals surface area contributed by atoms with Crippen LogP contribution in [-0.2, 0) is 6.54 Å². The zero-order valence-corrected chi connectivity index (χ0v) is 16.4. The van der Waals surface area contributed by atoms with Crippen molar-refractivity contribution in [1.29, 1.82) is 0 Å². The molecule has 0 aliphatic rings. The Labute approximate surface area is 168 Å². The minimum Gasteiger partial charge on any atom is -0.491 e. The molecule has 7 nitrogen and oxygen atoms in total. The predicted molar refractivity (Wildman–Crippen MR) is 112 cm³/mol. The average molecular weight is 389 g/mol. The van der Waals surface area contributed by atoms with Crippen LogP contribution in [0.1, 0.15) is 24.6 Å². The molecule has 0 amide bonds. The van der Waals surface area contributed by atoms with E-state index in [9.17, 15) is 4.79 Å². The second kappa shape index (κ2) is 7.89. The van der Waals surface area contributed by atoms with Gasteiger partial charge in [-0.1, -0.05) is 24.3 Å². The molecule has 0 aliphatic heterocycles. The number of nitrogens with zero attached hydrogens (tertiary/aromatic N) is 4. The van der Waals surface area contributed by atoms with E-state index in [1.54, 1.807) is 16.8 Å². The van der Waals surface area contributed by atoms with Gasteiger partial charge in [0.25, 0.3) is 5.56 Å². The molecule has 0 spiro atoms. The van der Waals surface area contributed by atoms with E-state index < -0.39 is 6.04 Å². The van der Waals surface area contributed by atoms with E-state index >= 15 is 0 Å². The van der Waals surface area contributed by atoms with Gasteiger partial charge in [0.1, 0.15) is 29.4 Å². The third kappa shape index (κ3) is 3.64. The summed E-state index contributed by atoms with van der Waals surface area (Å²) in [5, 5.41) is 0.447. The number of nitrogens with two attached hydrogens (primary N) is 1. The standard InChI is InChI=1S/C22H23N5O2/c1-15(23)21-25-18-9-6-10-19(29-14-13-26-12-11-24-16(26)2)20(18)22(28)27(21)17-7-4-3-5-8-17/h3-12,15H,13-14,23H2,1-2H3/t15-/m0/s1. The number of aromatic nitrogens is 4. The number of hydrogen-bond acceptors (Lipinski definition) is 5. The minimum atomic E-state index is -0.402. The molecule has 2 N–H and O–H groups in total. The van der Waals surface area contributed by atoms with Crippen molar-refractivity contribution < 1.29 is 4.74 Å². The van der Waals surface area contributed by atoms with E-state index in [0.717, 1.165) is 11.5 Å². The second-order valence-electron chi connectivity index (χ2n) is 6.90. The average Bonchev–Trinajstić information content (AvgIpc) is 3.13. The lowest BCUT2D eigenvalue weighted by atomic mass is 10.2. The Morgan fingerprint density at radius 2 is 1.93 bits per heavy atom. The number of aryl methyl sites for hydroxylation is 1. The van der Waals surface area contributed by atoms with Gasteiger partial charge in [0.2, 0.25) is 0 Å². The largest absolute Gasteiger partial charge is 0.491 e. The van der Waals surface area contributed by atoms with Crippen LogP contribution in [0.3, 0.4) is 0 Å². The van der Waals surface area contributed by atoms with Crippen molar-refractivity contribution in [1.82, 2.24) is 19.1 Å².